The Kier molecular flexibility index (Phi) is 2.58. The zero-order chi connectivity index (χ0) is 11.8. The summed E-state index contributed by atoms with van der Waals surface area (Å²) < 4.78 is 40.9. The molecule has 1 aliphatic heterocycles. The summed E-state index contributed by atoms with van der Waals surface area (Å²) in [6, 6.07) is 4.87. The normalized spacial score (nSPS) is 29.1. The van der Waals surface area contributed by atoms with Gasteiger partial charge in [-0.3, -0.25) is 5.32 Å². The molecule has 0 saturated carbocycles. The molecule has 1 atom stereocenters. The Hall–Kier alpha value is -1.23. The van der Waals surface area contributed by atoms with E-state index in [4.69, 9.17) is 0 Å². The van der Waals surface area contributed by atoms with E-state index in [9.17, 15) is 13.2 Å². The van der Waals surface area contributed by atoms with E-state index in [1.807, 2.05) is 5.32 Å². The van der Waals surface area contributed by atoms with Gasteiger partial charge in [-0.25, -0.2) is 4.39 Å². The summed E-state index contributed by atoms with van der Waals surface area (Å²) in [6.45, 7) is 1.17. The molecule has 1 aromatic carbocycles. The van der Waals surface area contributed by atoms with Gasteiger partial charge in [-0.15, -0.1) is 0 Å². The zero-order valence-corrected chi connectivity index (χ0v) is 8.88. The first-order valence-electron chi connectivity index (χ1n) is 5.09. The summed E-state index contributed by atoms with van der Waals surface area (Å²) in [5.74, 6) is -2.72. The van der Waals surface area contributed by atoms with Crippen LogP contribution < -0.4 is 10.2 Å². The Morgan fingerprint density at radius 3 is 2.44 bits per heavy atom. The molecule has 2 rings (SSSR count). The van der Waals surface area contributed by atoms with Gasteiger partial charge in [0.05, 0.1) is 0 Å². The Bertz CT molecular complexity index is 365. The molecule has 88 valence electrons. The smallest absolute Gasteiger partial charge is 0.332 e. The SMILES string of the molecule is CC1(F)N(c2ccccc2)CCNC1(F)F. The van der Waals surface area contributed by atoms with Gasteiger partial charge in [0.1, 0.15) is 0 Å². The molecule has 1 fully saturated rings. The van der Waals surface area contributed by atoms with Crippen molar-refractivity contribution in [3.8, 4) is 0 Å². The second-order valence-electron chi connectivity index (χ2n) is 3.94. The van der Waals surface area contributed by atoms with Crippen molar-refractivity contribution in [2.24, 2.45) is 0 Å². The number of alkyl halides is 3. The molecule has 1 unspecified atom stereocenters. The summed E-state index contributed by atoms with van der Waals surface area (Å²) in [7, 11) is 0. The van der Waals surface area contributed by atoms with Gasteiger partial charge in [-0.1, -0.05) is 18.2 Å². The van der Waals surface area contributed by atoms with E-state index in [0.717, 1.165) is 11.8 Å². The van der Waals surface area contributed by atoms with Crippen LogP contribution in [-0.2, 0) is 0 Å². The van der Waals surface area contributed by atoms with Crippen LogP contribution in [0, 0.1) is 0 Å². The number of nitrogens with zero attached hydrogens (tertiary/aromatic N) is 1. The quantitative estimate of drug-likeness (QED) is 0.745. The molecule has 1 aromatic rings. The first-order chi connectivity index (χ1) is 7.45. The highest BCUT2D eigenvalue weighted by molar-refractivity contribution is 5.49. The minimum absolute atomic E-state index is 0.0569. The van der Waals surface area contributed by atoms with E-state index >= 15 is 0 Å². The molecule has 1 aliphatic rings. The maximum Gasteiger partial charge on any atom is 0.354 e. The number of rotatable bonds is 1. The second-order valence-corrected chi connectivity index (χ2v) is 3.94. The van der Waals surface area contributed by atoms with Crippen molar-refractivity contribution in [1.82, 2.24) is 5.32 Å². The van der Waals surface area contributed by atoms with E-state index in [0.29, 0.717) is 5.69 Å². The molecular weight excluding hydrogens is 217 g/mol. The molecule has 0 bridgehead atoms. The lowest BCUT2D eigenvalue weighted by Gasteiger charge is -2.45. The fourth-order valence-corrected chi connectivity index (χ4v) is 1.84. The topological polar surface area (TPSA) is 15.3 Å². The highest BCUT2D eigenvalue weighted by atomic mass is 19.3. The predicted molar refractivity (Wildman–Crippen MR) is 56.3 cm³/mol. The third-order valence-electron chi connectivity index (χ3n) is 2.83. The largest absolute Gasteiger partial charge is 0.354 e. The summed E-state index contributed by atoms with van der Waals surface area (Å²) in [5, 5.41) is 1.90. The number of benzene rings is 1. The Labute approximate surface area is 92.1 Å². The second kappa shape index (κ2) is 3.66. The monoisotopic (exact) mass is 230 g/mol. The lowest BCUT2D eigenvalue weighted by atomic mass is 10.1. The van der Waals surface area contributed by atoms with Crippen molar-refractivity contribution in [3.63, 3.8) is 0 Å². The minimum Gasteiger partial charge on any atom is -0.332 e. The van der Waals surface area contributed by atoms with Crippen LogP contribution >= 0.6 is 0 Å². The van der Waals surface area contributed by atoms with Crippen LogP contribution in [0.4, 0.5) is 18.9 Å². The van der Waals surface area contributed by atoms with Crippen molar-refractivity contribution in [1.29, 1.82) is 0 Å². The molecule has 0 amide bonds. The minimum atomic E-state index is -3.54. The molecular formula is C11H13F3N2. The fraction of sp³-hybridized carbons (Fsp3) is 0.455. The Morgan fingerprint density at radius 2 is 1.81 bits per heavy atom. The average molecular weight is 230 g/mol. The molecule has 0 aliphatic carbocycles. The fourth-order valence-electron chi connectivity index (χ4n) is 1.84. The standard InChI is InChI=1S/C11H13F3N2/c1-10(12)11(13,14)15-7-8-16(10)9-5-3-2-4-6-9/h2-6,15H,7-8H2,1H3. The number of hydrogen-bond donors (Lipinski definition) is 1. The number of nitrogens with one attached hydrogen (secondary N) is 1. The predicted octanol–water partition coefficient (Wildman–Crippen LogP) is 2.37. The van der Waals surface area contributed by atoms with Crippen LogP contribution in [-0.4, -0.2) is 24.9 Å². The van der Waals surface area contributed by atoms with Gasteiger partial charge in [0.25, 0.3) is 5.79 Å². The van der Waals surface area contributed by atoms with E-state index < -0.39 is 11.8 Å². The molecule has 2 nitrogen and oxygen atoms in total. The average Bonchev–Trinajstić information content (AvgIpc) is 2.23. The van der Waals surface area contributed by atoms with Crippen LogP contribution in [0.15, 0.2) is 30.3 Å². The third-order valence-corrected chi connectivity index (χ3v) is 2.83. The van der Waals surface area contributed by atoms with Crippen LogP contribution in [0.3, 0.4) is 0 Å². The third kappa shape index (κ3) is 1.65. The Morgan fingerprint density at radius 1 is 1.19 bits per heavy atom. The van der Waals surface area contributed by atoms with Gasteiger partial charge in [-0.05, 0) is 19.1 Å². The number of piperazine rings is 1. The van der Waals surface area contributed by atoms with Gasteiger partial charge >= 0.3 is 6.05 Å². The molecule has 0 spiro atoms. The number of hydrogen-bond acceptors (Lipinski definition) is 2. The van der Waals surface area contributed by atoms with Crippen LogP contribution in [0.2, 0.25) is 0 Å². The van der Waals surface area contributed by atoms with Gasteiger partial charge < -0.3 is 4.90 Å². The molecule has 1 N–H and O–H groups in total. The highest BCUT2D eigenvalue weighted by Crippen LogP contribution is 2.38. The summed E-state index contributed by atoms with van der Waals surface area (Å²) in [4.78, 5) is 1.09. The number of anilines is 1. The first kappa shape index (κ1) is 11.3. The summed E-state index contributed by atoms with van der Waals surface area (Å²) in [5.41, 5.74) is 0.466. The van der Waals surface area contributed by atoms with Crippen LogP contribution in [0.5, 0.6) is 0 Å². The molecule has 5 heteroatoms. The number of halogens is 3. The molecule has 16 heavy (non-hydrogen) atoms. The molecule has 0 aromatic heterocycles. The van der Waals surface area contributed by atoms with Crippen LogP contribution in [0.1, 0.15) is 6.92 Å². The number of para-hydroxylation sites is 1. The van der Waals surface area contributed by atoms with Crippen molar-refractivity contribution in [2.45, 2.75) is 18.8 Å². The van der Waals surface area contributed by atoms with Crippen molar-refractivity contribution >= 4 is 5.69 Å². The Balaban J connectivity index is 2.35. The maximum atomic E-state index is 14.1. The van der Waals surface area contributed by atoms with Crippen molar-refractivity contribution in [3.05, 3.63) is 30.3 Å². The first-order valence-corrected chi connectivity index (χ1v) is 5.09. The summed E-state index contributed by atoms with van der Waals surface area (Å²) >= 11 is 0. The molecule has 0 radical (unpaired) electrons. The van der Waals surface area contributed by atoms with E-state index in [1.165, 1.54) is 0 Å². The maximum absolute atomic E-state index is 14.1. The zero-order valence-electron chi connectivity index (χ0n) is 8.88. The lowest BCUT2D eigenvalue weighted by molar-refractivity contribution is -0.164. The van der Waals surface area contributed by atoms with Gasteiger partial charge in [0, 0.05) is 18.8 Å². The van der Waals surface area contributed by atoms with Crippen molar-refractivity contribution in [2.75, 3.05) is 18.0 Å². The van der Waals surface area contributed by atoms with E-state index in [-0.39, 0.29) is 13.1 Å². The molecule has 1 saturated heterocycles. The summed E-state index contributed by atoms with van der Waals surface area (Å²) in [6.07, 6.45) is 0. The van der Waals surface area contributed by atoms with Gasteiger partial charge in [0.15, 0.2) is 0 Å². The highest BCUT2D eigenvalue weighted by Gasteiger charge is 2.57. The van der Waals surface area contributed by atoms with Crippen LogP contribution in [0.25, 0.3) is 0 Å². The van der Waals surface area contributed by atoms with Crippen molar-refractivity contribution < 1.29 is 13.2 Å². The lowest BCUT2D eigenvalue weighted by Crippen LogP contribution is -2.68. The van der Waals surface area contributed by atoms with E-state index in [1.54, 1.807) is 30.3 Å². The van der Waals surface area contributed by atoms with Gasteiger partial charge in [-0.2, -0.15) is 8.78 Å². The van der Waals surface area contributed by atoms with Gasteiger partial charge in [0.2, 0.25) is 0 Å². The van der Waals surface area contributed by atoms with E-state index in [2.05, 4.69) is 0 Å². The molecule has 1 heterocycles.